The van der Waals surface area contributed by atoms with Gasteiger partial charge in [0, 0.05) is 32.7 Å². The van der Waals surface area contributed by atoms with Crippen molar-refractivity contribution in [2.24, 2.45) is 0 Å². The molecule has 0 saturated carbocycles. The summed E-state index contributed by atoms with van der Waals surface area (Å²) in [5.41, 5.74) is 1.10. The van der Waals surface area contributed by atoms with Crippen LogP contribution in [0.5, 0.6) is 0 Å². The second-order valence-corrected chi connectivity index (χ2v) is 4.23. The highest BCUT2D eigenvalue weighted by Gasteiger charge is 2.07. The highest BCUT2D eigenvalue weighted by molar-refractivity contribution is 5.64. The molecule has 0 heterocycles. The Balaban J connectivity index is 2.45. The van der Waals surface area contributed by atoms with Gasteiger partial charge in [0.15, 0.2) is 0 Å². The molecule has 0 aromatic heterocycles. The number of hydrogen-bond acceptors (Lipinski definition) is 3. The van der Waals surface area contributed by atoms with Crippen molar-refractivity contribution >= 4 is 12.2 Å². The Labute approximate surface area is 117 Å². The lowest BCUT2D eigenvalue weighted by Crippen LogP contribution is -2.38. The summed E-state index contributed by atoms with van der Waals surface area (Å²) in [6.07, 6.45) is -2.12. The van der Waals surface area contributed by atoms with E-state index in [-0.39, 0.29) is 0 Å². The van der Waals surface area contributed by atoms with Gasteiger partial charge in [0.2, 0.25) is 0 Å². The molecule has 0 aliphatic rings. The molecule has 7 nitrogen and oxygen atoms in total. The fourth-order valence-corrected chi connectivity index (χ4v) is 1.75. The van der Waals surface area contributed by atoms with Crippen molar-refractivity contribution in [1.29, 1.82) is 0 Å². The first-order valence-corrected chi connectivity index (χ1v) is 6.28. The summed E-state index contributed by atoms with van der Waals surface area (Å²) >= 11 is 0. The number of nitrogens with one attached hydrogen (secondary N) is 2. The van der Waals surface area contributed by atoms with Crippen molar-refractivity contribution in [3.8, 4) is 0 Å². The third-order valence-electron chi connectivity index (χ3n) is 2.66. The normalized spacial score (nSPS) is 10.2. The van der Waals surface area contributed by atoms with Gasteiger partial charge in [-0.15, -0.1) is 0 Å². The van der Waals surface area contributed by atoms with Crippen molar-refractivity contribution in [3.63, 3.8) is 0 Å². The average Bonchev–Trinajstić information content (AvgIpc) is 2.38. The van der Waals surface area contributed by atoms with Crippen LogP contribution in [0.25, 0.3) is 0 Å². The first kappa shape index (κ1) is 15.8. The molecule has 2 amide bonds. The average molecular weight is 281 g/mol. The molecule has 0 unspecified atom stereocenters. The lowest BCUT2D eigenvalue weighted by molar-refractivity contribution is 0.187. The standard InChI is InChI=1S/C13H19N3O4/c17-12(18)14-6-8-16(9-7-15-13(19)20)10-11-4-2-1-3-5-11/h1-5,14-15H,6-10H2,(H,17,18)(H,19,20). The molecule has 0 saturated heterocycles. The fourth-order valence-electron chi connectivity index (χ4n) is 1.75. The van der Waals surface area contributed by atoms with E-state index in [1.54, 1.807) is 0 Å². The summed E-state index contributed by atoms with van der Waals surface area (Å²) in [5, 5.41) is 21.7. The molecule has 1 rings (SSSR count). The minimum Gasteiger partial charge on any atom is -0.465 e. The lowest BCUT2D eigenvalue weighted by Gasteiger charge is -2.22. The van der Waals surface area contributed by atoms with Crippen LogP contribution in [0.15, 0.2) is 30.3 Å². The van der Waals surface area contributed by atoms with Gasteiger partial charge in [-0.1, -0.05) is 30.3 Å². The molecular weight excluding hydrogens is 262 g/mol. The van der Waals surface area contributed by atoms with Gasteiger partial charge in [0.1, 0.15) is 0 Å². The first-order chi connectivity index (χ1) is 9.58. The number of hydrogen-bond donors (Lipinski definition) is 4. The predicted molar refractivity (Wildman–Crippen MR) is 73.8 cm³/mol. The zero-order valence-electron chi connectivity index (χ0n) is 11.1. The van der Waals surface area contributed by atoms with E-state index in [0.717, 1.165) is 5.56 Å². The Morgan fingerprint density at radius 3 is 1.90 bits per heavy atom. The van der Waals surface area contributed by atoms with Crippen LogP contribution in [-0.4, -0.2) is 53.5 Å². The molecular formula is C13H19N3O4. The second-order valence-electron chi connectivity index (χ2n) is 4.23. The van der Waals surface area contributed by atoms with E-state index in [1.807, 2.05) is 35.2 Å². The first-order valence-electron chi connectivity index (χ1n) is 6.28. The van der Waals surface area contributed by atoms with Crippen molar-refractivity contribution in [1.82, 2.24) is 15.5 Å². The topological polar surface area (TPSA) is 102 Å². The van der Waals surface area contributed by atoms with Gasteiger partial charge >= 0.3 is 12.2 Å². The Morgan fingerprint density at radius 1 is 0.950 bits per heavy atom. The summed E-state index contributed by atoms with van der Waals surface area (Å²) < 4.78 is 0. The minimum atomic E-state index is -1.06. The Bertz CT molecular complexity index is 405. The molecule has 7 heteroatoms. The van der Waals surface area contributed by atoms with Crippen LogP contribution >= 0.6 is 0 Å². The Morgan fingerprint density at radius 2 is 1.45 bits per heavy atom. The molecule has 0 radical (unpaired) electrons. The molecule has 0 spiro atoms. The van der Waals surface area contributed by atoms with Crippen LogP contribution in [-0.2, 0) is 6.54 Å². The highest BCUT2D eigenvalue weighted by Crippen LogP contribution is 2.03. The van der Waals surface area contributed by atoms with Crippen LogP contribution in [0.2, 0.25) is 0 Å². The molecule has 20 heavy (non-hydrogen) atoms. The third kappa shape index (κ3) is 7.22. The van der Waals surface area contributed by atoms with E-state index in [9.17, 15) is 9.59 Å². The molecule has 0 atom stereocenters. The second kappa shape index (κ2) is 8.76. The van der Waals surface area contributed by atoms with Gasteiger partial charge in [-0.2, -0.15) is 0 Å². The van der Waals surface area contributed by atoms with Crippen molar-refractivity contribution in [2.45, 2.75) is 6.54 Å². The van der Waals surface area contributed by atoms with E-state index in [4.69, 9.17) is 10.2 Å². The van der Waals surface area contributed by atoms with Gasteiger partial charge in [-0.3, -0.25) is 4.90 Å². The van der Waals surface area contributed by atoms with Crippen LogP contribution in [0.3, 0.4) is 0 Å². The number of amides is 2. The monoisotopic (exact) mass is 281 g/mol. The van der Waals surface area contributed by atoms with Gasteiger partial charge in [0.05, 0.1) is 0 Å². The van der Waals surface area contributed by atoms with Gasteiger partial charge < -0.3 is 20.8 Å². The summed E-state index contributed by atoms with van der Waals surface area (Å²) in [6, 6.07) is 9.73. The smallest absolute Gasteiger partial charge is 0.404 e. The van der Waals surface area contributed by atoms with E-state index in [1.165, 1.54) is 0 Å². The van der Waals surface area contributed by atoms with E-state index in [0.29, 0.717) is 32.7 Å². The highest BCUT2D eigenvalue weighted by atomic mass is 16.4. The molecule has 0 bridgehead atoms. The van der Waals surface area contributed by atoms with Crippen LogP contribution in [0, 0.1) is 0 Å². The van der Waals surface area contributed by atoms with Crippen LogP contribution in [0.4, 0.5) is 9.59 Å². The van der Waals surface area contributed by atoms with Crippen LogP contribution < -0.4 is 10.6 Å². The summed E-state index contributed by atoms with van der Waals surface area (Å²) in [5.74, 6) is 0. The summed E-state index contributed by atoms with van der Waals surface area (Å²) in [7, 11) is 0. The minimum absolute atomic E-state index is 0.301. The van der Waals surface area contributed by atoms with E-state index < -0.39 is 12.2 Å². The van der Waals surface area contributed by atoms with Gasteiger partial charge in [0.25, 0.3) is 0 Å². The maximum atomic E-state index is 10.4. The zero-order valence-corrected chi connectivity index (χ0v) is 11.1. The molecule has 0 aliphatic carbocycles. The molecule has 1 aromatic carbocycles. The largest absolute Gasteiger partial charge is 0.465 e. The molecule has 1 aromatic rings. The predicted octanol–water partition coefficient (Wildman–Crippen LogP) is 1.02. The van der Waals surface area contributed by atoms with Crippen molar-refractivity contribution in [2.75, 3.05) is 26.2 Å². The molecule has 4 N–H and O–H groups in total. The number of nitrogens with zero attached hydrogens (tertiary/aromatic N) is 1. The molecule has 0 aliphatic heterocycles. The summed E-state index contributed by atoms with van der Waals surface area (Å²) in [4.78, 5) is 22.8. The van der Waals surface area contributed by atoms with E-state index in [2.05, 4.69) is 10.6 Å². The SMILES string of the molecule is O=C(O)NCCN(CCNC(=O)O)Cc1ccccc1. The zero-order chi connectivity index (χ0) is 14.8. The maximum Gasteiger partial charge on any atom is 0.404 e. The number of carboxylic acid groups (broad SMARTS) is 2. The van der Waals surface area contributed by atoms with Crippen molar-refractivity contribution in [3.05, 3.63) is 35.9 Å². The number of benzene rings is 1. The molecule has 110 valence electrons. The fraction of sp³-hybridized carbons (Fsp3) is 0.385. The van der Waals surface area contributed by atoms with E-state index >= 15 is 0 Å². The maximum absolute atomic E-state index is 10.4. The number of carbonyl (C=O) groups is 2. The Hall–Kier alpha value is -2.28. The van der Waals surface area contributed by atoms with Crippen LogP contribution in [0.1, 0.15) is 5.56 Å². The number of rotatable bonds is 8. The van der Waals surface area contributed by atoms with Crippen molar-refractivity contribution < 1.29 is 19.8 Å². The lowest BCUT2D eigenvalue weighted by atomic mass is 10.2. The van der Waals surface area contributed by atoms with Gasteiger partial charge in [-0.05, 0) is 5.56 Å². The molecule has 0 fully saturated rings. The third-order valence-corrected chi connectivity index (χ3v) is 2.66. The quantitative estimate of drug-likeness (QED) is 0.570. The summed E-state index contributed by atoms with van der Waals surface area (Å²) in [6.45, 7) is 2.28. The Kier molecular flexibility index (Phi) is 6.91. The van der Waals surface area contributed by atoms with Gasteiger partial charge in [-0.25, -0.2) is 9.59 Å².